The number of nitrogens with zero attached hydrogens (tertiary/aromatic N) is 3. The number of benzene rings is 1. The third kappa shape index (κ3) is 7.45. The van der Waals surface area contributed by atoms with Crippen molar-refractivity contribution < 1.29 is 9.13 Å². The smallest absolute Gasteiger partial charge is 0.194 e. The average Bonchev–Trinajstić information content (AvgIpc) is 3.08. The summed E-state index contributed by atoms with van der Waals surface area (Å²) in [6.07, 6.45) is 2.92. The van der Waals surface area contributed by atoms with Gasteiger partial charge in [0.05, 0.1) is 13.1 Å². The number of aromatic nitrogens is 1. The Kier molecular flexibility index (Phi) is 10.5. The van der Waals surface area contributed by atoms with Crippen LogP contribution in [0.3, 0.4) is 0 Å². The first-order valence-corrected chi connectivity index (χ1v) is 9.25. The largest absolute Gasteiger partial charge is 0.492 e. The maximum atomic E-state index is 12.9. The van der Waals surface area contributed by atoms with Gasteiger partial charge in [0.1, 0.15) is 23.2 Å². The number of likely N-dealkylation sites (N-methyl/N-ethyl adjacent to an activating group) is 1. The van der Waals surface area contributed by atoms with Crippen molar-refractivity contribution in [3.63, 3.8) is 0 Å². The Hall–Kier alpha value is -1.42. The van der Waals surface area contributed by atoms with Crippen molar-refractivity contribution in [3.05, 3.63) is 46.2 Å². The second kappa shape index (κ2) is 12.1. The fraction of sp³-hybridized carbons (Fsp3) is 0.444. The molecular weight excluding hydrogens is 466 g/mol. The molecule has 144 valence electrons. The van der Waals surface area contributed by atoms with E-state index in [0.29, 0.717) is 25.4 Å². The van der Waals surface area contributed by atoms with Crippen molar-refractivity contribution in [1.29, 1.82) is 0 Å². The molecule has 1 aromatic carbocycles. The number of hydrogen-bond donors (Lipinski definition) is 1. The van der Waals surface area contributed by atoms with E-state index < -0.39 is 0 Å². The van der Waals surface area contributed by atoms with Gasteiger partial charge in [-0.3, -0.25) is 0 Å². The molecule has 0 radical (unpaired) electrons. The zero-order valence-corrected chi connectivity index (χ0v) is 18.5. The molecule has 2 rings (SSSR count). The van der Waals surface area contributed by atoms with Gasteiger partial charge in [-0.2, -0.15) is 0 Å². The molecule has 2 aromatic rings. The van der Waals surface area contributed by atoms with Crippen LogP contribution >= 0.6 is 35.3 Å². The molecule has 0 spiro atoms. The minimum absolute atomic E-state index is 0. The van der Waals surface area contributed by atoms with Crippen molar-refractivity contribution >= 4 is 41.3 Å². The van der Waals surface area contributed by atoms with E-state index in [1.165, 1.54) is 17.0 Å². The molecular formula is C18H26FIN4OS. The topological polar surface area (TPSA) is 49.8 Å². The summed E-state index contributed by atoms with van der Waals surface area (Å²) in [7, 11) is 1.97. The Morgan fingerprint density at radius 3 is 2.65 bits per heavy atom. The first-order valence-electron chi connectivity index (χ1n) is 8.43. The summed E-state index contributed by atoms with van der Waals surface area (Å²) in [5.74, 6) is 1.21. The minimum Gasteiger partial charge on any atom is -0.492 e. The molecule has 1 aromatic heterocycles. The summed E-state index contributed by atoms with van der Waals surface area (Å²) >= 11 is 1.70. The Balaban J connectivity index is 0.00000338. The van der Waals surface area contributed by atoms with Gasteiger partial charge in [-0.1, -0.05) is 6.92 Å². The summed E-state index contributed by atoms with van der Waals surface area (Å²) in [5, 5.41) is 4.29. The zero-order chi connectivity index (χ0) is 18.1. The van der Waals surface area contributed by atoms with Crippen LogP contribution in [0, 0.1) is 5.82 Å². The number of ether oxygens (including phenoxy) is 1. The molecule has 26 heavy (non-hydrogen) atoms. The summed E-state index contributed by atoms with van der Waals surface area (Å²) in [5.41, 5.74) is 0. The van der Waals surface area contributed by atoms with Crippen LogP contribution in [-0.2, 0) is 13.0 Å². The monoisotopic (exact) mass is 492 g/mol. The molecule has 8 heteroatoms. The molecule has 0 amide bonds. The van der Waals surface area contributed by atoms with Gasteiger partial charge in [0.25, 0.3) is 0 Å². The van der Waals surface area contributed by atoms with E-state index in [-0.39, 0.29) is 29.8 Å². The highest BCUT2D eigenvalue weighted by molar-refractivity contribution is 14.0. The Morgan fingerprint density at radius 2 is 2.04 bits per heavy atom. The molecule has 0 saturated heterocycles. The van der Waals surface area contributed by atoms with Gasteiger partial charge >= 0.3 is 0 Å². The van der Waals surface area contributed by atoms with Crippen LogP contribution in [0.2, 0.25) is 0 Å². The second-order valence-corrected chi connectivity index (χ2v) is 6.67. The predicted molar refractivity (Wildman–Crippen MR) is 116 cm³/mol. The standard InChI is InChI=1S/C18H25FN4OS.HI/c1-4-16-12-21-17(25-16)13-22-18(20-5-2)23(3)10-11-24-15-8-6-14(19)7-9-15;/h6-9,12H,4-5,10-11,13H2,1-3H3,(H,20,22);1H. The molecule has 0 aliphatic heterocycles. The molecule has 0 atom stereocenters. The van der Waals surface area contributed by atoms with Gasteiger partial charge in [-0.25, -0.2) is 14.4 Å². The first kappa shape index (κ1) is 22.6. The quantitative estimate of drug-likeness (QED) is 0.345. The van der Waals surface area contributed by atoms with Crippen LogP contribution in [0.4, 0.5) is 4.39 Å². The number of guanidine groups is 1. The lowest BCUT2D eigenvalue weighted by molar-refractivity contribution is 0.281. The molecule has 0 unspecified atom stereocenters. The minimum atomic E-state index is -0.264. The van der Waals surface area contributed by atoms with Gasteiger partial charge in [0, 0.05) is 24.7 Å². The molecule has 0 bridgehead atoms. The number of hydrogen-bond acceptors (Lipinski definition) is 4. The zero-order valence-electron chi connectivity index (χ0n) is 15.4. The summed E-state index contributed by atoms with van der Waals surface area (Å²) in [6, 6.07) is 6.04. The first-order chi connectivity index (χ1) is 12.1. The molecule has 0 fully saturated rings. The molecule has 0 saturated carbocycles. The number of halogens is 2. The highest BCUT2D eigenvalue weighted by Crippen LogP contribution is 2.14. The lowest BCUT2D eigenvalue weighted by atomic mass is 10.3. The van der Waals surface area contributed by atoms with E-state index >= 15 is 0 Å². The van der Waals surface area contributed by atoms with Crippen molar-refractivity contribution in [2.24, 2.45) is 4.99 Å². The Labute approximate surface area is 175 Å². The SMILES string of the molecule is CCNC(=NCc1ncc(CC)s1)N(C)CCOc1ccc(F)cc1.I. The number of nitrogens with one attached hydrogen (secondary N) is 1. The number of aliphatic imine (C=N–C) groups is 1. The normalized spacial score (nSPS) is 11.0. The van der Waals surface area contributed by atoms with Crippen LogP contribution in [0.15, 0.2) is 35.5 Å². The van der Waals surface area contributed by atoms with Crippen molar-refractivity contribution in [3.8, 4) is 5.75 Å². The molecule has 1 N–H and O–H groups in total. The third-order valence-corrected chi connectivity index (χ3v) is 4.65. The fourth-order valence-electron chi connectivity index (χ4n) is 2.13. The van der Waals surface area contributed by atoms with E-state index in [4.69, 9.17) is 4.74 Å². The van der Waals surface area contributed by atoms with Gasteiger partial charge in [-0.15, -0.1) is 35.3 Å². The molecule has 1 heterocycles. The highest BCUT2D eigenvalue weighted by atomic mass is 127. The lowest BCUT2D eigenvalue weighted by Gasteiger charge is -2.22. The average molecular weight is 492 g/mol. The Morgan fingerprint density at radius 1 is 1.31 bits per heavy atom. The molecule has 0 aliphatic rings. The van der Waals surface area contributed by atoms with Crippen LogP contribution in [0.25, 0.3) is 0 Å². The van der Waals surface area contributed by atoms with E-state index in [2.05, 4.69) is 22.2 Å². The number of aryl methyl sites for hydroxylation is 1. The van der Waals surface area contributed by atoms with Crippen molar-refractivity contribution in [2.75, 3.05) is 26.7 Å². The lowest BCUT2D eigenvalue weighted by Crippen LogP contribution is -2.40. The predicted octanol–water partition coefficient (Wildman–Crippen LogP) is 3.94. The maximum absolute atomic E-state index is 12.9. The van der Waals surface area contributed by atoms with Crippen LogP contribution in [0.5, 0.6) is 5.75 Å². The van der Waals surface area contributed by atoms with Gasteiger partial charge in [0.2, 0.25) is 0 Å². The third-order valence-electron chi connectivity index (χ3n) is 3.52. The maximum Gasteiger partial charge on any atom is 0.194 e. The number of thiazole rings is 1. The van der Waals surface area contributed by atoms with Gasteiger partial charge in [-0.05, 0) is 37.6 Å². The summed E-state index contributed by atoms with van der Waals surface area (Å²) in [4.78, 5) is 12.3. The number of rotatable bonds is 8. The van der Waals surface area contributed by atoms with E-state index in [1.54, 1.807) is 23.5 Å². The van der Waals surface area contributed by atoms with Crippen LogP contribution in [-0.4, -0.2) is 42.6 Å². The van der Waals surface area contributed by atoms with Crippen molar-refractivity contribution in [1.82, 2.24) is 15.2 Å². The molecule has 0 aliphatic carbocycles. The van der Waals surface area contributed by atoms with Gasteiger partial charge < -0.3 is 15.0 Å². The summed E-state index contributed by atoms with van der Waals surface area (Å²) < 4.78 is 18.5. The van der Waals surface area contributed by atoms with Crippen LogP contribution < -0.4 is 10.1 Å². The van der Waals surface area contributed by atoms with E-state index in [0.717, 1.165) is 23.9 Å². The Bertz CT molecular complexity index is 678. The summed E-state index contributed by atoms with van der Waals surface area (Å²) in [6.45, 7) is 6.68. The fourth-order valence-corrected chi connectivity index (χ4v) is 2.92. The van der Waals surface area contributed by atoms with Crippen molar-refractivity contribution in [2.45, 2.75) is 26.8 Å². The van der Waals surface area contributed by atoms with Gasteiger partial charge in [0.15, 0.2) is 5.96 Å². The van der Waals surface area contributed by atoms with E-state index in [1.807, 2.05) is 25.1 Å². The highest BCUT2D eigenvalue weighted by Gasteiger charge is 2.07. The van der Waals surface area contributed by atoms with Crippen LogP contribution in [0.1, 0.15) is 23.7 Å². The molecule has 5 nitrogen and oxygen atoms in total. The second-order valence-electron chi connectivity index (χ2n) is 5.47. The van der Waals surface area contributed by atoms with E-state index in [9.17, 15) is 4.39 Å².